The number of fused-ring (bicyclic) bond motifs is 5. The molecule has 4 aliphatic carbocycles. The third-order valence-electron chi connectivity index (χ3n) is 10.8. The van der Waals surface area contributed by atoms with Crippen LogP contribution in [0, 0.1) is 52.3 Å². The molecule has 192 valence electrons. The number of aromatic nitrogens is 1. The molecule has 4 aliphatic rings. The van der Waals surface area contributed by atoms with Gasteiger partial charge in [0, 0.05) is 19.3 Å². The zero-order valence-electron chi connectivity index (χ0n) is 21.6. The Kier molecular flexibility index (Phi) is 7.00. The minimum absolute atomic E-state index is 0.198. The second kappa shape index (κ2) is 9.74. The van der Waals surface area contributed by atoms with Crippen LogP contribution in [0.15, 0.2) is 18.3 Å². The van der Waals surface area contributed by atoms with Crippen LogP contribution in [-0.2, 0) is 4.74 Å². The van der Waals surface area contributed by atoms with E-state index in [4.69, 9.17) is 10.00 Å². The Labute approximate surface area is 210 Å². The average molecular weight is 482 g/mol. The van der Waals surface area contributed by atoms with Crippen LogP contribution in [0.4, 0.5) is 0 Å². The van der Waals surface area contributed by atoms with Crippen molar-refractivity contribution >= 4 is 0 Å². The van der Waals surface area contributed by atoms with E-state index in [1.54, 1.807) is 19.2 Å². The van der Waals surface area contributed by atoms with Crippen LogP contribution < -0.4 is 5.32 Å². The van der Waals surface area contributed by atoms with Crippen LogP contribution in [0.5, 0.6) is 0 Å². The lowest BCUT2D eigenvalue weighted by molar-refractivity contribution is -0.125. The number of nitriles is 1. The standard InChI is InChI=1S/C29H43N3O3/c1-18(32-27(33)26-9-4-19(15-30)16-31-26)24-7-8-25-23-6-5-20-14-29(34,17-35-3)13-11-21(20)22(23)10-12-28(24,25)2/h4,9,16,18,20-25,27,32-34H,5-8,10-14,17H2,1-3H3/t18-,20+,21-,22+,23+,24+,25-,27?,28+,29+/m0/s1. The van der Waals surface area contributed by atoms with Crippen molar-refractivity contribution in [3.05, 3.63) is 29.6 Å². The molecule has 5 rings (SSSR count). The molecule has 0 amide bonds. The first-order valence-electron chi connectivity index (χ1n) is 13.8. The lowest BCUT2D eigenvalue weighted by Gasteiger charge is -2.57. The zero-order valence-corrected chi connectivity index (χ0v) is 21.6. The highest BCUT2D eigenvalue weighted by Gasteiger charge is 2.58. The van der Waals surface area contributed by atoms with Crippen LogP contribution in [0.1, 0.15) is 89.1 Å². The van der Waals surface area contributed by atoms with Gasteiger partial charge in [-0.3, -0.25) is 10.3 Å². The maximum Gasteiger partial charge on any atom is 0.148 e. The summed E-state index contributed by atoms with van der Waals surface area (Å²) >= 11 is 0. The lowest BCUT2D eigenvalue weighted by atomic mass is 9.48. The summed E-state index contributed by atoms with van der Waals surface area (Å²) in [5, 5.41) is 34.3. The van der Waals surface area contributed by atoms with Crippen LogP contribution >= 0.6 is 0 Å². The first-order valence-corrected chi connectivity index (χ1v) is 13.8. The molecule has 0 aliphatic heterocycles. The van der Waals surface area contributed by atoms with Crippen molar-refractivity contribution < 1.29 is 14.9 Å². The molecule has 1 aromatic rings. The van der Waals surface area contributed by atoms with Crippen molar-refractivity contribution in [3.8, 4) is 6.07 Å². The summed E-state index contributed by atoms with van der Waals surface area (Å²) in [6.45, 7) is 5.23. The highest BCUT2D eigenvalue weighted by molar-refractivity contribution is 5.26. The number of nitrogens with one attached hydrogen (secondary N) is 1. The Morgan fingerprint density at radius 1 is 1.14 bits per heavy atom. The smallest absolute Gasteiger partial charge is 0.148 e. The van der Waals surface area contributed by atoms with E-state index >= 15 is 0 Å². The summed E-state index contributed by atoms with van der Waals surface area (Å²) in [6.07, 6.45) is 11.3. The minimum atomic E-state index is -0.819. The number of nitrogens with zero attached hydrogens (tertiary/aromatic N) is 2. The Morgan fingerprint density at radius 2 is 1.94 bits per heavy atom. The van der Waals surface area contributed by atoms with Gasteiger partial charge in [0.15, 0.2) is 0 Å². The van der Waals surface area contributed by atoms with Crippen molar-refractivity contribution in [2.45, 2.75) is 89.5 Å². The molecule has 1 aromatic heterocycles. The number of pyridine rings is 1. The van der Waals surface area contributed by atoms with Crippen LogP contribution in [0.3, 0.4) is 0 Å². The minimum Gasteiger partial charge on any atom is -0.387 e. The van der Waals surface area contributed by atoms with Crippen molar-refractivity contribution in [1.29, 1.82) is 5.26 Å². The van der Waals surface area contributed by atoms with E-state index in [1.807, 2.05) is 0 Å². The Balaban J connectivity index is 1.24. The third kappa shape index (κ3) is 4.55. The Morgan fingerprint density at radius 3 is 2.66 bits per heavy atom. The molecule has 0 bridgehead atoms. The van der Waals surface area contributed by atoms with E-state index in [-0.39, 0.29) is 6.04 Å². The van der Waals surface area contributed by atoms with Crippen LogP contribution in [-0.4, -0.2) is 40.6 Å². The van der Waals surface area contributed by atoms with Gasteiger partial charge >= 0.3 is 0 Å². The van der Waals surface area contributed by atoms with E-state index in [9.17, 15) is 10.2 Å². The summed E-state index contributed by atoms with van der Waals surface area (Å²) in [6, 6.07) is 5.73. The van der Waals surface area contributed by atoms with Crippen molar-refractivity contribution in [1.82, 2.24) is 10.3 Å². The number of aliphatic hydroxyl groups is 2. The molecule has 0 aromatic carbocycles. The van der Waals surface area contributed by atoms with Gasteiger partial charge in [-0.25, -0.2) is 0 Å². The van der Waals surface area contributed by atoms with Gasteiger partial charge in [0.05, 0.1) is 23.5 Å². The van der Waals surface area contributed by atoms with Gasteiger partial charge in [-0.05, 0) is 118 Å². The zero-order chi connectivity index (χ0) is 24.8. The molecule has 1 unspecified atom stereocenters. The Hall–Kier alpha value is -1.52. The molecule has 0 saturated heterocycles. The predicted octanol–water partition coefficient (Wildman–Crippen LogP) is 4.57. The molecule has 4 saturated carbocycles. The van der Waals surface area contributed by atoms with Gasteiger partial charge in [0.2, 0.25) is 0 Å². The van der Waals surface area contributed by atoms with Gasteiger partial charge in [-0.1, -0.05) is 6.92 Å². The van der Waals surface area contributed by atoms with E-state index in [0.29, 0.717) is 35.1 Å². The van der Waals surface area contributed by atoms with E-state index in [2.05, 4.69) is 30.2 Å². The second-order valence-electron chi connectivity index (χ2n) is 12.5. The monoisotopic (exact) mass is 481 g/mol. The van der Waals surface area contributed by atoms with Crippen molar-refractivity contribution in [2.75, 3.05) is 13.7 Å². The first kappa shape index (κ1) is 25.1. The van der Waals surface area contributed by atoms with Crippen molar-refractivity contribution in [2.24, 2.45) is 40.9 Å². The molecule has 35 heavy (non-hydrogen) atoms. The molecular formula is C29H43N3O3. The van der Waals surface area contributed by atoms with E-state index in [1.165, 1.54) is 44.7 Å². The number of hydrogen-bond acceptors (Lipinski definition) is 6. The summed E-state index contributed by atoms with van der Waals surface area (Å²) in [5.74, 6) is 4.36. The molecule has 3 N–H and O–H groups in total. The largest absolute Gasteiger partial charge is 0.387 e. The summed E-state index contributed by atoms with van der Waals surface area (Å²) in [5.41, 5.74) is 0.774. The predicted molar refractivity (Wildman–Crippen MR) is 134 cm³/mol. The maximum atomic E-state index is 11.0. The van der Waals surface area contributed by atoms with Gasteiger partial charge in [0.1, 0.15) is 12.3 Å². The molecule has 4 fully saturated rings. The highest BCUT2D eigenvalue weighted by Crippen LogP contribution is 2.65. The second-order valence-corrected chi connectivity index (χ2v) is 12.5. The van der Waals surface area contributed by atoms with Gasteiger partial charge in [0.25, 0.3) is 0 Å². The number of aliphatic hydroxyl groups excluding tert-OH is 1. The molecular weight excluding hydrogens is 438 g/mol. The molecule has 1 heterocycles. The lowest BCUT2D eigenvalue weighted by Crippen LogP contribution is -2.53. The topological polar surface area (TPSA) is 98.4 Å². The van der Waals surface area contributed by atoms with Crippen LogP contribution in [0.25, 0.3) is 0 Å². The fraction of sp³-hybridized carbons (Fsp3) is 0.793. The van der Waals surface area contributed by atoms with Crippen molar-refractivity contribution in [3.63, 3.8) is 0 Å². The SMILES string of the molecule is COC[C@@]1(O)CC[C@H]2[C@H](CC[C@@H]3[C@@H]2CC[C@]2(C)[C@@H]([C@H](C)NC(O)c4ccc(C#N)cn4)CC[C@@H]32)C1. The number of hydrogen-bond donors (Lipinski definition) is 3. The van der Waals surface area contributed by atoms with Crippen LogP contribution in [0.2, 0.25) is 0 Å². The fourth-order valence-corrected chi connectivity index (χ4v) is 9.31. The number of rotatable bonds is 6. The van der Waals surface area contributed by atoms with Gasteiger partial charge in [-0.2, -0.15) is 5.26 Å². The number of ether oxygens (including phenoxy) is 1. The summed E-state index contributed by atoms with van der Waals surface area (Å²) in [7, 11) is 1.70. The fourth-order valence-electron chi connectivity index (χ4n) is 9.31. The molecule has 6 heteroatoms. The summed E-state index contributed by atoms with van der Waals surface area (Å²) in [4.78, 5) is 4.28. The molecule has 0 spiro atoms. The van der Waals surface area contributed by atoms with Gasteiger partial charge in [-0.15, -0.1) is 0 Å². The first-order chi connectivity index (χ1) is 16.8. The highest BCUT2D eigenvalue weighted by atomic mass is 16.5. The average Bonchev–Trinajstić information content (AvgIpc) is 3.21. The normalized spacial score (nSPS) is 42.3. The van der Waals surface area contributed by atoms with E-state index in [0.717, 1.165) is 42.9 Å². The quantitative estimate of drug-likeness (QED) is 0.515. The van der Waals surface area contributed by atoms with E-state index < -0.39 is 11.8 Å². The maximum absolute atomic E-state index is 11.0. The molecule has 10 atom stereocenters. The Bertz CT molecular complexity index is 932. The van der Waals surface area contributed by atoms with Gasteiger partial charge < -0.3 is 14.9 Å². The third-order valence-corrected chi connectivity index (χ3v) is 10.8. The summed E-state index contributed by atoms with van der Waals surface area (Å²) < 4.78 is 5.35. The number of methoxy groups -OCH3 is 1. The molecule has 0 radical (unpaired) electrons. The molecule has 6 nitrogen and oxygen atoms in total.